The maximum Gasteiger partial charge on any atom is 0.217 e. The number of hydrogen-bond acceptors (Lipinski definition) is 3. The number of carbonyl (C=O) groups is 1. The van der Waals surface area contributed by atoms with Gasteiger partial charge in [-0.25, -0.2) is 0 Å². The van der Waals surface area contributed by atoms with Crippen molar-refractivity contribution in [2.75, 3.05) is 18.0 Å². The van der Waals surface area contributed by atoms with E-state index in [1.165, 1.54) is 11.3 Å². The van der Waals surface area contributed by atoms with E-state index in [2.05, 4.69) is 28.4 Å². The van der Waals surface area contributed by atoms with Crippen molar-refractivity contribution in [2.45, 2.75) is 38.8 Å². The summed E-state index contributed by atoms with van der Waals surface area (Å²) >= 11 is 0. The number of carbonyl (C=O) groups excluding carboxylic acids is 1. The van der Waals surface area contributed by atoms with Gasteiger partial charge in [-0.2, -0.15) is 0 Å². The standard InChI is InChI=1S/C15H23N3O/c1-11(16)14-5-3-4-6-15(14)18-9-7-13(8-10-18)17-12(2)19/h3-6,11,13H,7-10,16H2,1-2H3,(H,17,19). The van der Waals surface area contributed by atoms with Gasteiger partial charge in [0, 0.05) is 37.8 Å². The van der Waals surface area contributed by atoms with Crippen molar-refractivity contribution in [1.29, 1.82) is 0 Å². The van der Waals surface area contributed by atoms with E-state index in [0.717, 1.165) is 25.9 Å². The molecule has 1 aliphatic rings. The van der Waals surface area contributed by atoms with Crippen molar-refractivity contribution in [2.24, 2.45) is 5.73 Å². The number of nitrogens with two attached hydrogens (primary N) is 1. The van der Waals surface area contributed by atoms with E-state index in [4.69, 9.17) is 5.73 Å². The molecule has 1 fully saturated rings. The van der Waals surface area contributed by atoms with E-state index in [1.54, 1.807) is 6.92 Å². The molecule has 0 saturated carbocycles. The zero-order valence-corrected chi connectivity index (χ0v) is 11.7. The average molecular weight is 261 g/mol. The van der Waals surface area contributed by atoms with Crippen LogP contribution in [-0.4, -0.2) is 25.0 Å². The molecule has 0 bridgehead atoms. The lowest BCUT2D eigenvalue weighted by Gasteiger charge is -2.35. The van der Waals surface area contributed by atoms with Crippen LogP contribution in [-0.2, 0) is 4.79 Å². The Kier molecular flexibility index (Phi) is 4.43. The molecule has 0 aromatic heterocycles. The Bertz CT molecular complexity index is 437. The van der Waals surface area contributed by atoms with Crippen LogP contribution in [0.4, 0.5) is 5.69 Å². The number of nitrogens with one attached hydrogen (secondary N) is 1. The Morgan fingerprint density at radius 2 is 2.00 bits per heavy atom. The van der Waals surface area contributed by atoms with Gasteiger partial charge >= 0.3 is 0 Å². The smallest absolute Gasteiger partial charge is 0.217 e. The second-order valence-corrected chi connectivity index (χ2v) is 5.31. The number of rotatable bonds is 3. The minimum absolute atomic E-state index is 0.0456. The fourth-order valence-corrected chi connectivity index (χ4v) is 2.71. The molecule has 1 unspecified atom stereocenters. The third-order valence-electron chi connectivity index (χ3n) is 3.67. The number of amides is 1. The molecule has 3 N–H and O–H groups in total. The largest absolute Gasteiger partial charge is 0.371 e. The highest BCUT2D eigenvalue weighted by molar-refractivity contribution is 5.73. The van der Waals surface area contributed by atoms with Crippen LogP contribution in [0.3, 0.4) is 0 Å². The molecule has 1 aromatic carbocycles. The highest BCUT2D eigenvalue weighted by atomic mass is 16.1. The number of piperidine rings is 1. The van der Waals surface area contributed by atoms with Gasteiger partial charge in [0.1, 0.15) is 0 Å². The summed E-state index contributed by atoms with van der Waals surface area (Å²) in [6.45, 7) is 5.53. The van der Waals surface area contributed by atoms with Gasteiger partial charge in [-0.15, -0.1) is 0 Å². The van der Waals surface area contributed by atoms with Gasteiger partial charge in [0.15, 0.2) is 0 Å². The molecule has 104 valence electrons. The number of hydrogen-bond donors (Lipinski definition) is 2. The fourth-order valence-electron chi connectivity index (χ4n) is 2.71. The minimum Gasteiger partial charge on any atom is -0.371 e. The zero-order valence-electron chi connectivity index (χ0n) is 11.7. The van der Waals surface area contributed by atoms with E-state index >= 15 is 0 Å². The summed E-state index contributed by atoms with van der Waals surface area (Å²) in [5, 5.41) is 3.00. The topological polar surface area (TPSA) is 58.4 Å². The third-order valence-corrected chi connectivity index (χ3v) is 3.67. The Hall–Kier alpha value is -1.55. The molecular weight excluding hydrogens is 238 g/mol. The molecule has 4 heteroatoms. The molecule has 4 nitrogen and oxygen atoms in total. The summed E-state index contributed by atoms with van der Waals surface area (Å²) in [5.74, 6) is 0.0643. The van der Waals surface area contributed by atoms with E-state index in [9.17, 15) is 4.79 Å². The van der Waals surface area contributed by atoms with Crippen molar-refractivity contribution in [3.63, 3.8) is 0 Å². The maximum absolute atomic E-state index is 11.1. The van der Waals surface area contributed by atoms with Crippen molar-refractivity contribution < 1.29 is 4.79 Å². The first-order valence-corrected chi connectivity index (χ1v) is 6.94. The number of nitrogens with zero attached hydrogens (tertiary/aromatic N) is 1. The summed E-state index contributed by atoms with van der Waals surface area (Å²) in [4.78, 5) is 13.4. The molecule has 1 saturated heterocycles. The van der Waals surface area contributed by atoms with Gasteiger partial charge in [-0.05, 0) is 31.4 Å². The van der Waals surface area contributed by atoms with Crippen molar-refractivity contribution in [3.8, 4) is 0 Å². The molecule has 1 atom stereocenters. The molecule has 1 heterocycles. The average Bonchev–Trinajstić information content (AvgIpc) is 2.39. The van der Waals surface area contributed by atoms with Gasteiger partial charge in [0.05, 0.1) is 0 Å². The third kappa shape index (κ3) is 3.47. The minimum atomic E-state index is 0.0456. The van der Waals surface area contributed by atoms with Crippen LogP contribution >= 0.6 is 0 Å². The normalized spacial score (nSPS) is 18.2. The number of benzene rings is 1. The van der Waals surface area contributed by atoms with Gasteiger partial charge in [-0.3, -0.25) is 4.79 Å². The molecule has 0 spiro atoms. The SMILES string of the molecule is CC(=O)NC1CCN(c2ccccc2C(C)N)CC1. The van der Waals surface area contributed by atoms with Crippen LogP contribution in [0.5, 0.6) is 0 Å². The zero-order chi connectivity index (χ0) is 13.8. The predicted octanol–water partition coefficient (Wildman–Crippen LogP) is 1.81. The van der Waals surface area contributed by atoms with Gasteiger partial charge < -0.3 is 16.0 Å². The highest BCUT2D eigenvalue weighted by Crippen LogP contribution is 2.27. The van der Waals surface area contributed by atoms with Gasteiger partial charge in [-0.1, -0.05) is 18.2 Å². The first kappa shape index (κ1) is 13.9. The maximum atomic E-state index is 11.1. The lowest BCUT2D eigenvalue weighted by molar-refractivity contribution is -0.119. The lowest BCUT2D eigenvalue weighted by atomic mass is 10.0. The Labute approximate surface area is 115 Å². The quantitative estimate of drug-likeness (QED) is 0.872. The number of para-hydroxylation sites is 1. The highest BCUT2D eigenvalue weighted by Gasteiger charge is 2.21. The van der Waals surface area contributed by atoms with Crippen molar-refractivity contribution >= 4 is 11.6 Å². The van der Waals surface area contributed by atoms with E-state index < -0.39 is 0 Å². The molecule has 1 aromatic rings. The molecule has 1 aliphatic heterocycles. The van der Waals surface area contributed by atoms with Crippen LogP contribution in [0.2, 0.25) is 0 Å². The molecular formula is C15H23N3O. The first-order chi connectivity index (χ1) is 9.08. The monoisotopic (exact) mass is 261 g/mol. The second kappa shape index (κ2) is 6.06. The van der Waals surface area contributed by atoms with Crippen molar-refractivity contribution in [3.05, 3.63) is 29.8 Å². The predicted molar refractivity (Wildman–Crippen MR) is 78.1 cm³/mol. The van der Waals surface area contributed by atoms with Crippen LogP contribution in [0.15, 0.2) is 24.3 Å². The summed E-state index contributed by atoms with van der Waals surface area (Å²) in [5.41, 5.74) is 8.46. The lowest BCUT2D eigenvalue weighted by Crippen LogP contribution is -2.44. The second-order valence-electron chi connectivity index (χ2n) is 5.31. The van der Waals surface area contributed by atoms with Gasteiger partial charge in [0.25, 0.3) is 0 Å². The fraction of sp³-hybridized carbons (Fsp3) is 0.533. The van der Waals surface area contributed by atoms with Gasteiger partial charge in [0.2, 0.25) is 5.91 Å². The summed E-state index contributed by atoms with van der Waals surface area (Å²) < 4.78 is 0. The first-order valence-electron chi connectivity index (χ1n) is 6.94. The van der Waals surface area contributed by atoms with E-state index in [-0.39, 0.29) is 11.9 Å². The molecule has 1 amide bonds. The Morgan fingerprint density at radius 3 is 2.58 bits per heavy atom. The summed E-state index contributed by atoms with van der Waals surface area (Å²) in [6, 6.07) is 8.69. The molecule has 0 radical (unpaired) electrons. The van der Waals surface area contributed by atoms with E-state index in [1.807, 2.05) is 13.0 Å². The summed E-state index contributed by atoms with van der Waals surface area (Å²) in [6.07, 6.45) is 1.99. The van der Waals surface area contributed by atoms with Crippen LogP contribution < -0.4 is 16.0 Å². The summed E-state index contributed by atoms with van der Waals surface area (Å²) in [7, 11) is 0. The molecule has 2 rings (SSSR count). The Balaban J connectivity index is 2.03. The van der Waals surface area contributed by atoms with Crippen LogP contribution in [0, 0.1) is 0 Å². The Morgan fingerprint density at radius 1 is 1.37 bits per heavy atom. The number of anilines is 1. The molecule has 0 aliphatic carbocycles. The van der Waals surface area contributed by atoms with Crippen LogP contribution in [0.25, 0.3) is 0 Å². The van der Waals surface area contributed by atoms with E-state index in [0.29, 0.717) is 6.04 Å². The molecule has 19 heavy (non-hydrogen) atoms. The van der Waals surface area contributed by atoms with Crippen molar-refractivity contribution in [1.82, 2.24) is 5.32 Å². The van der Waals surface area contributed by atoms with Crippen LogP contribution in [0.1, 0.15) is 38.3 Å².